The molecule has 0 aliphatic heterocycles. The van der Waals surface area contributed by atoms with E-state index >= 15 is 0 Å². The predicted octanol–water partition coefficient (Wildman–Crippen LogP) is 0.0983. The second kappa shape index (κ2) is 5.85. The van der Waals surface area contributed by atoms with Crippen LogP contribution in [0.5, 0.6) is 0 Å². The van der Waals surface area contributed by atoms with Crippen molar-refractivity contribution in [3.63, 3.8) is 0 Å². The molecule has 0 spiro atoms. The molecule has 0 radical (unpaired) electrons. The Morgan fingerprint density at radius 1 is 1.67 bits per heavy atom. The first kappa shape index (κ1) is 11.5. The molecule has 3 heteroatoms. The summed E-state index contributed by atoms with van der Waals surface area (Å²) in [6.07, 6.45) is 6.34. The summed E-state index contributed by atoms with van der Waals surface area (Å²) in [4.78, 5) is 10.2. The van der Waals surface area contributed by atoms with Gasteiger partial charge in [0.05, 0.1) is 0 Å². The van der Waals surface area contributed by atoms with E-state index in [-0.39, 0.29) is 27.1 Å². The zero-order valence-electron chi connectivity index (χ0n) is 5.39. The van der Waals surface area contributed by atoms with Crippen LogP contribution in [0.3, 0.4) is 0 Å². The summed E-state index contributed by atoms with van der Waals surface area (Å²) < 4.78 is 0. The maximum absolute atomic E-state index is 10.2. The van der Waals surface area contributed by atoms with E-state index in [1.165, 1.54) is 0 Å². The van der Waals surface area contributed by atoms with Crippen molar-refractivity contribution < 1.29 is 25.9 Å². The second-order valence-corrected chi connectivity index (χ2v) is 1.75. The Labute approximate surface area is 69.7 Å². The molecule has 50 valence electrons. The molecule has 1 N–H and O–H groups in total. The van der Waals surface area contributed by atoms with Crippen LogP contribution in [-0.2, 0) is 25.9 Å². The summed E-state index contributed by atoms with van der Waals surface area (Å²) in [6, 6.07) is 0.0975. The number of rotatable bonds is 1. The number of carbonyl (C=O) groups is 1. The molecule has 2 nitrogen and oxygen atoms in total. The van der Waals surface area contributed by atoms with Crippen molar-refractivity contribution >= 4 is 5.91 Å². The van der Waals surface area contributed by atoms with Crippen LogP contribution in [0.25, 0.3) is 0 Å². The topological polar surface area (TPSA) is 29.1 Å². The minimum absolute atomic E-state index is 0. The Balaban J connectivity index is 0. The second-order valence-electron chi connectivity index (χ2n) is 1.75. The van der Waals surface area contributed by atoms with Gasteiger partial charge in [0, 0.05) is 27.1 Å². The first-order valence-corrected chi connectivity index (χ1v) is 2.40. The number of amides is 1. The van der Waals surface area contributed by atoms with Gasteiger partial charge in [-0.3, -0.25) is 0 Å². The van der Waals surface area contributed by atoms with Gasteiger partial charge in [0.25, 0.3) is 0 Å². The third-order valence-electron chi connectivity index (χ3n) is 0.533. The molecule has 0 saturated carbocycles. The maximum atomic E-state index is 10.2. The molecule has 0 rings (SSSR count). The van der Waals surface area contributed by atoms with E-state index in [4.69, 9.17) is 6.42 Å². The van der Waals surface area contributed by atoms with Crippen LogP contribution in [0.1, 0.15) is 13.8 Å². The molecule has 1 amide bonds. The van der Waals surface area contributed by atoms with E-state index in [2.05, 4.69) is 5.32 Å². The average molecular weight is 294 g/mol. The zero-order valence-corrected chi connectivity index (χ0v) is 8.33. The van der Waals surface area contributed by atoms with Crippen LogP contribution in [0.2, 0.25) is 0 Å². The van der Waals surface area contributed by atoms with Gasteiger partial charge in [-0.1, -0.05) is 0 Å². The van der Waals surface area contributed by atoms with Gasteiger partial charge in [-0.25, -0.2) is 5.92 Å². The number of nitrogens with one attached hydrogen (secondary N) is 1. The van der Waals surface area contributed by atoms with Crippen molar-refractivity contribution in [1.82, 2.24) is 5.32 Å². The van der Waals surface area contributed by atoms with E-state index in [9.17, 15) is 4.79 Å². The van der Waals surface area contributed by atoms with Gasteiger partial charge in [0.2, 0.25) is 0 Å². The third-order valence-corrected chi connectivity index (χ3v) is 0.533. The monoisotopic (exact) mass is 294 g/mol. The van der Waals surface area contributed by atoms with Crippen LogP contribution in [0.4, 0.5) is 0 Å². The normalized spacial score (nSPS) is 7.33. The summed E-state index contributed by atoms with van der Waals surface area (Å²) in [5, 5.41) is 2.45. The summed E-state index contributed by atoms with van der Waals surface area (Å²) in [5.41, 5.74) is 0. The Morgan fingerprint density at radius 2 is 2.11 bits per heavy atom. The first-order chi connectivity index (χ1) is 3.66. The minimum atomic E-state index is -0.458. The molecule has 0 heterocycles. The van der Waals surface area contributed by atoms with Gasteiger partial charge < -0.3 is 16.5 Å². The quantitative estimate of drug-likeness (QED) is 0.539. The number of carbonyl (C=O) groups excluding carboxylic acids is 1. The molecule has 0 aromatic carbocycles. The van der Waals surface area contributed by atoms with Gasteiger partial charge in [-0.15, -0.1) is 0 Å². The SMILES string of the molecule is [C-]#CC(=O)NC(C)C.[W]. The average Bonchev–Trinajstić information content (AvgIpc) is 1.65. The molecule has 0 saturated heterocycles. The molecule has 0 bridgehead atoms. The molecule has 0 aliphatic carbocycles. The van der Waals surface area contributed by atoms with Crippen molar-refractivity contribution in [3.05, 3.63) is 6.42 Å². The van der Waals surface area contributed by atoms with Gasteiger partial charge in [0.15, 0.2) is 0 Å². The van der Waals surface area contributed by atoms with E-state index in [0.29, 0.717) is 0 Å². The van der Waals surface area contributed by atoms with Crippen molar-refractivity contribution in [1.29, 1.82) is 0 Å². The van der Waals surface area contributed by atoms with Crippen molar-refractivity contribution in [2.75, 3.05) is 0 Å². The summed E-state index contributed by atoms with van der Waals surface area (Å²) in [7, 11) is 0. The largest absolute Gasteiger partial charge is 0.421 e. The van der Waals surface area contributed by atoms with Crippen molar-refractivity contribution in [3.8, 4) is 5.92 Å². The maximum Gasteiger partial charge on any atom is 0.133 e. The predicted molar refractivity (Wildman–Crippen MR) is 30.4 cm³/mol. The molecular formula is C6H8NOW-. The van der Waals surface area contributed by atoms with Crippen LogP contribution in [0, 0.1) is 12.3 Å². The van der Waals surface area contributed by atoms with Crippen LogP contribution in [-0.4, -0.2) is 11.9 Å². The molecule has 0 aromatic heterocycles. The van der Waals surface area contributed by atoms with E-state index in [0.717, 1.165) is 0 Å². The van der Waals surface area contributed by atoms with Crippen LogP contribution < -0.4 is 5.32 Å². The fourth-order valence-electron chi connectivity index (χ4n) is 0.298. The van der Waals surface area contributed by atoms with Gasteiger partial charge in [-0.2, -0.15) is 0 Å². The van der Waals surface area contributed by atoms with Crippen LogP contribution in [0.15, 0.2) is 0 Å². The summed E-state index contributed by atoms with van der Waals surface area (Å²) in [5.74, 6) is 1.24. The Kier molecular flexibility index (Phi) is 7.48. The molecule has 0 aromatic rings. The molecule has 0 atom stereocenters. The molecule has 0 fully saturated rings. The van der Waals surface area contributed by atoms with Crippen molar-refractivity contribution in [2.24, 2.45) is 0 Å². The van der Waals surface area contributed by atoms with Crippen LogP contribution >= 0.6 is 0 Å². The summed E-state index contributed by atoms with van der Waals surface area (Å²) in [6.45, 7) is 3.66. The molecular weight excluding hydrogens is 286 g/mol. The Morgan fingerprint density at radius 3 is 2.22 bits per heavy atom. The van der Waals surface area contributed by atoms with E-state index in [1.807, 2.05) is 13.8 Å². The van der Waals surface area contributed by atoms with Gasteiger partial charge in [0.1, 0.15) is 5.91 Å². The molecule has 0 aliphatic rings. The number of hydrogen-bond donors (Lipinski definition) is 1. The standard InChI is InChI=1S/C6H8NO.W/c1-4-6(8)7-5(2)3;/h5H,2-3H3,(H,7,8);/q-1;. The Hall–Kier alpha value is -0.282. The smallest absolute Gasteiger partial charge is 0.133 e. The fourth-order valence-corrected chi connectivity index (χ4v) is 0.298. The zero-order chi connectivity index (χ0) is 6.57. The van der Waals surface area contributed by atoms with Gasteiger partial charge >= 0.3 is 0 Å². The number of hydrogen-bond acceptors (Lipinski definition) is 1. The van der Waals surface area contributed by atoms with Crippen molar-refractivity contribution in [2.45, 2.75) is 19.9 Å². The van der Waals surface area contributed by atoms with Gasteiger partial charge in [-0.05, 0) is 13.8 Å². The third kappa shape index (κ3) is 7.72. The summed E-state index contributed by atoms with van der Waals surface area (Å²) >= 11 is 0. The molecule has 0 unspecified atom stereocenters. The minimum Gasteiger partial charge on any atom is -0.421 e. The molecule has 9 heavy (non-hydrogen) atoms. The van der Waals surface area contributed by atoms with E-state index in [1.54, 1.807) is 5.92 Å². The van der Waals surface area contributed by atoms with E-state index < -0.39 is 5.91 Å². The fraction of sp³-hybridized carbons (Fsp3) is 0.500. The Bertz CT molecular complexity index is 126. The first-order valence-electron chi connectivity index (χ1n) is 2.40.